The summed E-state index contributed by atoms with van der Waals surface area (Å²) in [5.41, 5.74) is 9.35. The van der Waals surface area contributed by atoms with Crippen LogP contribution in [0.1, 0.15) is 16.7 Å². The number of para-hydroxylation sites is 1. The lowest BCUT2D eigenvalue weighted by Crippen LogP contribution is -2.49. The van der Waals surface area contributed by atoms with E-state index in [-0.39, 0.29) is 5.91 Å². The molecule has 0 saturated carbocycles. The van der Waals surface area contributed by atoms with Gasteiger partial charge < -0.3 is 21.4 Å². The van der Waals surface area contributed by atoms with E-state index in [4.69, 9.17) is 5.73 Å². The van der Waals surface area contributed by atoms with Gasteiger partial charge in [0.2, 0.25) is 5.91 Å². The fourth-order valence-corrected chi connectivity index (χ4v) is 2.92. The van der Waals surface area contributed by atoms with Crippen molar-refractivity contribution in [3.05, 3.63) is 71.4 Å². The van der Waals surface area contributed by atoms with E-state index in [0.717, 1.165) is 27.6 Å². The number of nitrogens with two attached hydrogens (primary N) is 1. The highest BCUT2D eigenvalue weighted by Crippen LogP contribution is 2.19. The Kier molecular flexibility index (Phi) is 5.22. The first-order chi connectivity index (χ1) is 12.5. The number of aromatic amines is 1. The third kappa shape index (κ3) is 4.22. The zero-order chi connectivity index (χ0) is 18.5. The minimum Gasteiger partial charge on any atom is -0.361 e. The smallest absolute Gasteiger partial charge is 0.312 e. The standard InChI is InChI=1S/C20H22N4O2/c1-13-6-8-14(9-7-13)11-23-19(25)18(24-20(21)26)10-15-12-22-17-5-3-2-4-16(15)17/h2-9,12,18,22H,10-11H2,1H3,(H,23,25)(H3,21,24,26)/t18-/m0/s1. The molecule has 0 unspecified atom stereocenters. The number of rotatable bonds is 6. The van der Waals surface area contributed by atoms with Crippen LogP contribution in [0.2, 0.25) is 0 Å². The van der Waals surface area contributed by atoms with Crippen LogP contribution in [0.3, 0.4) is 0 Å². The molecule has 5 N–H and O–H groups in total. The van der Waals surface area contributed by atoms with Gasteiger partial charge in [-0.2, -0.15) is 0 Å². The zero-order valence-electron chi connectivity index (χ0n) is 14.6. The van der Waals surface area contributed by atoms with E-state index < -0.39 is 12.1 Å². The van der Waals surface area contributed by atoms with Crippen molar-refractivity contribution >= 4 is 22.8 Å². The van der Waals surface area contributed by atoms with E-state index in [1.165, 1.54) is 0 Å². The monoisotopic (exact) mass is 350 g/mol. The fraction of sp³-hybridized carbons (Fsp3) is 0.200. The Morgan fingerprint density at radius 3 is 2.58 bits per heavy atom. The molecule has 0 spiro atoms. The summed E-state index contributed by atoms with van der Waals surface area (Å²) in [7, 11) is 0. The Bertz CT molecular complexity index is 915. The SMILES string of the molecule is Cc1ccc(CNC(=O)[C@H](Cc2c[nH]c3ccccc23)NC(N)=O)cc1. The van der Waals surface area contributed by atoms with Crippen LogP contribution in [0.5, 0.6) is 0 Å². The predicted octanol–water partition coefficient (Wildman–Crippen LogP) is 2.37. The average Bonchev–Trinajstić information content (AvgIpc) is 3.03. The Balaban J connectivity index is 1.71. The van der Waals surface area contributed by atoms with Crippen molar-refractivity contribution in [3.63, 3.8) is 0 Å². The van der Waals surface area contributed by atoms with Crippen LogP contribution in [-0.4, -0.2) is 23.0 Å². The molecule has 0 aliphatic rings. The van der Waals surface area contributed by atoms with Gasteiger partial charge in [0.1, 0.15) is 6.04 Å². The molecule has 1 heterocycles. The number of amides is 3. The summed E-state index contributed by atoms with van der Waals surface area (Å²) in [6.45, 7) is 2.40. The van der Waals surface area contributed by atoms with Gasteiger partial charge in [-0.1, -0.05) is 48.0 Å². The molecule has 3 amide bonds. The lowest BCUT2D eigenvalue weighted by molar-refractivity contribution is -0.123. The molecule has 1 aromatic heterocycles. The molecule has 0 radical (unpaired) electrons. The minimum absolute atomic E-state index is 0.269. The summed E-state index contributed by atoms with van der Waals surface area (Å²) >= 11 is 0. The van der Waals surface area contributed by atoms with Gasteiger partial charge in [-0.3, -0.25) is 4.79 Å². The Morgan fingerprint density at radius 2 is 1.85 bits per heavy atom. The van der Waals surface area contributed by atoms with Gasteiger partial charge in [-0.25, -0.2) is 4.79 Å². The molecule has 1 atom stereocenters. The summed E-state index contributed by atoms with van der Waals surface area (Å²) < 4.78 is 0. The number of H-pyrrole nitrogens is 1. The van der Waals surface area contributed by atoms with Gasteiger partial charge in [-0.05, 0) is 24.1 Å². The number of nitrogens with one attached hydrogen (secondary N) is 3. The van der Waals surface area contributed by atoms with Crippen LogP contribution >= 0.6 is 0 Å². The first-order valence-corrected chi connectivity index (χ1v) is 8.47. The number of aromatic nitrogens is 1. The van der Waals surface area contributed by atoms with E-state index in [9.17, 15) is 9.59 Å². The quantitative estimate of drug-likeness (QED) is 0.549. The van der Waals surface area contributed by atoms with Crippen molar-refractivity contribution in [1.29, 1.82) is 0 Å². The predicted molar refractivity (Wildman–Crippen MR) is 102 cm³/mol. The number of hydrogen-bond acceptors (Lipinski definition) is 2. The average molecular weight is 350 g/mol. The number of benzene rings is 2. The summed E-state index contributed by atoms with van der Waals surface area (Å²) in [6.07, 6.45) is 2.21. The number of aryl methyl sites for hydroxylation is 1. The van der Waals surface area contributed by atoms with Crippen LogP contribution < -0.4 is 16.4 Å². The van der Waals surface area contributed by atoms with Gasteiger partial charge in [0.25, 0.3) is 0 Å². The van der Waals surface area contributed by atoms with Crippen molar-refractivity contribution in [2.24, 2.45) is 5.73 Å². The van der Waals surface area contributed by atoms with Gasteiger partial charge in [0.15, 0.2) is 0 Å². The topological polar surface area (TPSA) is 100 Å². The summed E-state index contributed by atoms with van der Waals surface area (Å²) in [6, 6.07) is 14.3. The lowest BCUT2D eigenvalue weighted by Gasteiger charge is -2.17. The second-order valence-electron chi connectivity index (χ2n) is 6.33. The molecule has 0 fully saturated rings. The molecule has 0 bridgehead atoms. The third-order valence-corrected chi connectivity index (χ3v) is 4.32. The van der Waals surface area contributed by atoms with Crippen LogP contribution in [0, 0.1) is 6.92 Å². The molecule has 0 aliphatic carbocycles. The normalized spacial score (nSPS) is 11.9. The number of primary amides is 1. The molecule has 3 rings (SSSR count). The van der Waals surface area contributed by atoms with Gasteiger partial charge in [0.05, 0.1) is 0 Å². The maximum absolute atomic E-state index is 12.6. The summed E-state index contributed by atoms with van der Waals surface area (Å²) in [5.74, 6) is -0.269. The van der Waals surface area contributed by atoms with Crippen LogP contribution in [0.4, 0.5) is 4.79 Å². The van der Waals surface area contributed by atoms with Gasteiger partial charge in [-0.15, -0.1) is 0 Å². The van der Waals surface area contributed by atoms with Crippen LogP contribution in [0.15, 0.2) is 54.7 Å². The second kappa shape index (κ2) is 7.74. The van der Waals surface area contributed by atoms with E-state index in [0.29, 0.717) is 13.0 Å². The first-order valence-electron chi connectivity index (χ1n) is 8.47. The molecular formula is C20H22N4O2. The Morgan fingerprint density at radius 1 is 1.12 bits per heavy atom. The number of carbonyl (C=O) groups excluding carboxylic acids is 2. The molecule has 134 valence electrons. The highest BCUT2D eigenvalue weighted by Gasteiger charge is 2.21. The highest BCUT2D eigenvalue weighted by atomic mass is 16.2. The number of fused-ring (bicyclic) bond motifs is 1. The number of urea groups is 1. The molecule has 3 aromatic rings. The summed E-state index contributed by atoms with van der Waals surface area (Å²) in [5, 5.41) is 6.43. The lowest BCUT2D eigenvalue weighted by atomic mass is 10.0. The van der Waals surface area contributed by atoms with Crippen molar-refractivity contribution in [2.75, 3.05) is 0 Å². The van der Waals surface area contributed by atoms with E-state index in [1.54, 1.807) is 0 Å². The molecule has 6 nitrogen and oxygen atoms in total. The molecule has 0 aliphatic heterocycles. The zero-order valence-corrected chi connectivity index (χ0v) is 14.6. The van der Waals surface area contributed by atoms with Gasteiger partial charge in [0, 0.05) is 30.1 Å². The second-order valence-corrected chi connectivity index (χ2v) is 6.33. The van der Waals surface area contributed by atoms with Crippen LogP contribution in [-0.2, 0) is 17.8 Å². The largest absolute Gasteiger partial charge is 0.361 e. The maximum atomic E-state index is 12.6. The molecule has 2 aromatic carbocycles. The van der Waals surface area contributed by atoms with E-state index in [1.807, 2.05) is 61.7 Å². The molecular weight excluding hydrogens is 328 g/mol. The number of hydrogen-bond donors (Lipinski definition) is 4. The molecule has 6 heteroatoms. The van der Waals surface area contributed by atoms with E-state index >= 15 is 0 Å². The number of carbonyl (C=O) groups is 2. The molecule has 26 heavy (non-hydrogen) atoms. The van der Waals surface area contributed by atoms with Gasteiger partial charge >= 0.3 is 6.03 Å². The van der Waals surface area contributed by atoms with Crippen LogP contribution in [0.25, 0.3) is 10.9 Å². The van der Waals surface area contributed by atoms with Crippen molar-refractivity contribution in [3.8, 4) is 0 Å². The maximum Gasteiger partial charge on any atom is 0.312 e. The van der Waals surface area contributed by atoms with Crippen molar-refractivity contribution in [2.45, 2.75) is 25.9 Å². The molecule has 0 saturated heterocycles. The highest BCUT2D eigenvalue weighted by molar-refractivity contribution is 5.88. The minimum atomic E-state index is -0.739. The third-order valence-electron chi connectivity index (χ3n) is 4.32. The van der Waals surface area contributed by atoms with E-state index in [2.05, 4.69) is 15.6 Å². The summed E-state index contributed by atoms with van der Waals surface area (Å²) in [4.78, 5) is 27.1. The van der Waals surface area contributed by atoms with Crippen molar-refractivity contribution in [1.82, 2.24) is 15.6 Å². The fourth-order valence-electron chi connectivity index (χ4n) is 2.92. The van der Waals surface area contributed by atoms with Crippen molar-refractivity contribution < 1.29 is 9.59 Å². The first kappa shape index (κ1) is 17.5. The Labute approximate surface area is 151 Å². The Hall–Kier alpha value is -3.28.